The van der Waals surface area contributed by atoms with E-state index in [4.69, 9.17) is 4.42 Å². The van der Waals surface area contributed by atoms with E-state index in [2.05, 4.69) is 12.2 Å². The molecule has 96 valence electrons. The van der Waals surface area contributed by atoms with Crippen molar-refractivity contribution in [1.29, 1.82) is 0 Å². The minimum absolute atomic E-state index is 0.155. The third-order valence-electron chi connectivity index (χ3n) is 3.17. The molecule has 0 amide bonds. The van der Waals surface area contributed by atoms with Crippen LogP contribution in [0.25, 0.3) is 0 Å². The Kier molecular flexibility index (Phi) is 3.60. The lowest BCUT2D eigenvalue weighted by Gasteiger charge is -2.18. The summed E-state index contributed by atoms with van der Waals surface area (Å²) in [6.45, 7) is 5.99. The zero-order valence-corrected chi connectivity index (χ0v) is 11.0. The van der Waals surface area contributed by atoms with Crippen LogP contribution >= 0.6 is 0 Å². The molecule has 0 aliphatic rings. The van der Waals surface area contributed by atoms with Gasteiger partial charge in [-0.1, -0.05) is 6.92 Å². The van der Waals surface area contributed by atoms with Crippen LogP contribution in [0.2, 0.25) is 0 Å². The molecular weight excluding hydrogens is 226 g/mol. The Morgan fingerprint density at radius 1 is 1.28 bits per heavy atom. The van der Waals surface area contributed by atoms with Gasteiger partial charge in [-0.15, -0.1) is 0 Å². The predicted octanol–water partition coefficient (Wildman–Crippen LogP) is 4.17. The molecule has 0 bridgehead atoms. The van der Waals surface area contributed by atoms with E-state index in [-0.39, 0.29) is 6.04 Å². The van der Waals surface area contributed by atoms with E-state index >= 15 is 0 Å². The zero-order chi connectivity index (χ0) is 13.1. The fourth-order valence-electron chi connectivity index (χ4n) is 2.01. The summed E-state index contributed by atoms with van der Waals surface area (Å²) >= 11 is 0. The Bertz CT molecular complexity index is 518. The van der Waals surface area contributed by atoms with E-state index in [1.54, 1.807) is 12.3 Å². The number of hydrogen-bond acceptors (Lipinski definition) is 3. The Labute approximate surface area is 107 Å². The van der Waals surface area contributed by atoms with Crippen LogP contribution in [-0.2, 0) is 0 Å². The van der Waals surface area contributed by atoms with Crippen LogP contribution < -0.4 is 5.32 Å². The molecule has 0 aliphatic carbocycles. The van der Waals surface area contributed by atoms with Gasteiger partial charge in [-0.25, -0.2) is 0 Å². The number of hydrogen-bond donors (Lipinski definition) is 2. The number of aromatic hydroxyl groups is 1. The highest BCUT2D eigenvalue weighted by Crippen LogP contribution is 2.29. The van der Waals surface area contributed by atoms with Crippen molar-refractivity contribution in [2.45, 2.75) is 33.2 Å². The number of phenols is 1. The molecule has 2 aromatic rings. The number of nitrogens with one attached hydrogen (secondary N) is 1. The Morgan fingerprint density at radius 2 is 2.06 bits per heavy atom. The van der Waals surface area contributed by atoms with Crippen LogP contribution in [0.15, 0.2) is 34.9 Å². The first kappa shape index (κ1) is 12.6. The van der Waals surface area contributed by atoms with Crippen LogP contribution in [0.3, 0.4) is 0 Å². The Hall–Kier alpha value is -1.90. The van der Waals surface area contributed by atoms with Gasteiger partial charge in [0.05, 0.1) is 12.3 Å². The maximum absolute atomic E-state index is 9.65. The van der Waals surface area contributed by atoms with Crippen LogP contribution in [0.5, 0.6) is 5.75 Å². The molecule has 1 heterocycles. The lowest BCUT2D eigenvalue weighted by atomic mass is 10.1. The molecule has 0 fully saturated rings. The smallest absolute Gasteiger partial charge is 0.125 e. The third kappa shape index (κ3) is 2.50. The molecule has 1 atom stereocenters. The van der Waals surface area contributed by atoms with E-state index in [1.807, 2.05) is 32.0 Å². The first-order chi connectivity index (χ1) is 8.61. The second kappa shape index (κ2) is 5.17. The van der Waals surface area contributed by atoms with Gasteiger partial charge in [-0.3, -0.25) is 0 Å². The van der Waals surface area contributed by atoms with Gasteiger partial charge in [0.15, 0.2) is 0 Å². The molecule has 0 spiro atoms. The number of furan rings is 1. The molecule has 2 N–H and O–H groups in total. The molecule has 1 aromatic carbocycles. The fourth-order valence-corrected chi connectivity index (χ4v) is 2.01. The maximum atomic E-state index is 9.65. The van der Waals surface area contributed by atoms with Gasteiger partial charge in [-0.2, -0.15) is 0 Å². The van der Waals surface area contributed by atoms with E-state index in [9.17, 15) is 5.11 Å². The summed E-state index contributed by atoms with van der Waals surface area (Å²) in [6.07, 6.45) is 2.63. The highest BCUT2D eigenvalue weighted by atomic mass is 16.3. The van der Waals surface area contributed by atoms with Gasteiger partial charge in [0.25, 0.3) is 0 Å². The standard InChI is InChI=1S/C15H19NO2/c1-4-12(15-6-5-7-18-15)16-13-8-11(3)14(17)9-10(13)2/h5-9,12,16-17H,4H2,1-3H3. The van der Waals surface area contributed by atoms with Gasteiger partial charge >= 0.3 is 0 Å². The van der Waals surface area contributed by atoms with Gasteiger partial charge in [0.2, 0.25) is 0 Å². The number of aryl methyl sites for hydroxylation is 2. The molecule has 18 heavy (non-hydrogen) atoms. The molecule has 3 heteroatoms. The first-order valence-electron chi connectivity index (χ1n) is 6.22. The fraction of sp³-hybridized carbons (Fsp3) is 0.333. The average molecular weight is 245 g/mol. The quantitative estimate of drug-likeness (QED) is 0.795. The molecule has 1 unspecified atom stereocenters. The topological polar surface area (TPSA) is 45.4 Å². The second-order valence-corrected chi connectivity index (χ2v) is 4.57. The molecule has 3 nitrogen and oxygen atoms in total. The van der Waals surface area contributed by atoms with Crippen LogP contribution in [0, 0.1) is 13.8 Å². The van der Waals surface area contributed by atoms with Crippen molar-refractivity contribution >= 4 is 5.69 Å². The van der Waals surface area contributed by atoms with Crippen molar-refractivity contribution in [3.8, 4) is 5.75 Å². The molecule has 0 saturated carbocycles. The van der Waals surface area contributed by atoms with Gasteiger partial charge < -0.3 is 14.8 Å². The summed E-state index contributed by atoms with van der Waals surface area (Å²) in [4.78, 5) is 0. The van der Waals surface area contributed by atoms with E-state index < -0.39 is 0 Å². The van der Waals surface area contributed by atoms with Crippen LogP contribution in [0.1, 0.15) is 36.3 Å². The average Bonchev–Trinajstić information content (AvgIpc) is 2.85. The number of phenolic OH excluding ortho intramolecular Hbond substituents is 1. The minimum Gasteiger partial charge on any atom is -0.508 e. The molecule has 1 aromatic heterocycles. The molecule has 0 aliphatic heterocycles. The van der Waals surface area contributed by atoms with Gasteiger partial charge in [0.1, 0.15) is 11.5 Å². The summed E-state index contributed by atoms with van der Waals surface area (Å²) in [5, 5.41) is 13.1. The number of anilines is 1. The Morgan fingerprint density at radius 3 is 2.67 bits per heavy atom. The monoisotopic (exact) mass is 245 g/mol. The molecule has 2 rings (SSSR count). The van der Waals surface area contributed by atoms with Crippen LogP contribution in [0.4, 0.5) is 5.69 Å². The normalized spacial score (nSPS) is 12.4. The molecule has 0 saturated heterocycles. The summed E-state index contributed by atoms with van der Waals surface area (Å²) in [5.74, 6) is 1.27. The highest BCUT2D eigenvalue weighted by Gasteiger charge is 2.13. The van der Waals surface area contributed by atoms with Crippen LogP contribution in [-0.4, -0.2) is 5.11 Å². The van der Waals surface area contributed by atoms with Crippen molar-refractivity contribution in [2.75, 3.05) is 5.32 Å². The van der Waals surface area contributed by atoms with E-state index in [0.717, 1.165) is 29.0 Å². The van der Waals surface area contributed by atoms with Crippen molar-refractivity contribution in [1.82, 2.24) is 0 Å². The first-order valence-corrected chi connectivity index (χ1v) is 6.22. The van der Waals surface area contributed by atoms with Crippen molar-refractivity contribution < 1.29 is 9.52 Å². The molecular formula is C15H19NO2. The second-order valence-electron chi connectivity index (χ2n) is 4.57. The molecule has 0 radical (unpaired) electrons. The minimum atomic E-state index is 0.155. The van der Waals surface area contributed by atoms with E-state index in [0.29, 0.717) is 5.75 Å². The zero-order valence-electron chi connectivity index (χ0n) is 11.0. The summed E-state index contributed by atoms with van der Waals surface area (Å²) < 4.78 is 5.44. The van der Waals surface area contributed by atoms with Gasteiger partial charge in [0, 0.05) is 5.69 Å². The van der Waals surface area contributed by atoms with Crippen molar-refractivity contribution in [3.05, 3.63) is 47.4 Å². The predicted molar refractivity (Wildman–Crippen MR) is 72.9 cm³/mol. The summed E-state index contributed by atoms with van der Waals surface area (Å²) in [5.41, 5.74) is 2.94. The maximum Gasteiger partial charge on any atom is 0.125 e. The summed E-state index contributed by atoms with van der Waals surface area (Å²) in [7, 11) is 0. The SMILES string of the molecule is CCC(Nc1cc(C)c(O)cc1C)c1ccco1. The number of rotatable bonds is 4. The van der Waals surface area contributed by atoms with E-state index in [1.165, 1.54) is 0 Å². The highest BCUT2D eigenvalue weighted by molar-refractivity contribution is 5.57. The summed E-state index contributed by atoms with van der Waals surface area (Å²) in [6, 6.07) is 7.78. The third-order valence-corrected chi connectivity index (χ3v) is 3.17. The lowest BCUT2D eigenvalue weighted by molar-refractivity contribution is 0.469. The van der Waals surface area contributed by atoms with Gasteiger partial charge in [-0.05, 0) is 55.7 Å². The Balaban J connectivity index is 2.25. The lowest BCUT2D eigenvalue weighted by Crippen LogP contribution is -2.09. The van der Waals surface area contributed by atoms with Crippen molar-refractivity contribution in [3.63, 3.8) is 0 Å². The van der Waals surface area contributed by atoms with Crippen molar-refractivity contribution in [2.24, 2.45) is 0 Å². The largest absolute Gasteiger partial charge is 0.508 e. The number of benzene rings is 1.